The van der Waals surface area contributed by atoms with E-state index in [1.807, 2.05) is 0 Å². The fourth-order valence-corrected chi connectivity index (χ4v) is 2.14. The van der Waals surface area contributed by atoms with E-state index < -0.39 is 11.9 Å². The maximum absolute atomic E-state index is 13.8. The molecular weight excluding hydrogens is 282 g/mol. The number of aryl methyl sites for hydroxylation is 1. The summed E-state index contributed by atoms with van der Waals surface area (Å²) in [6.07, 6.45) is 0. The summed E-state index contributed by atoms with van der Waals surface area (Å²) in [7, 11) is 2.86. The van der Waals surface area contributed by atoms with E-state index in [2.05, 4.69) is 5.10 Å². The van der Waals surface area contributed by atoms with Gasteiger partial charge in [0, 0.05) is 19.5 Å². The van der Waals surface area contributed by atoms with Crippen molar-refractivity contribution in [3.63, 3.8) is 0 Å². The number of halogens is 2. The third-order valence-corrected chi connectivity index (χ3v) is 3.07. The molecule has 0 aliphatic carbocycles. The third-order valence-electron chi connectivity index (χ3n) is 3.07. The Bertz CT molecular complexity index is 690. The van der Waals surface area contributed by atoms with Crippen molar-refractivity contribution in [1.29, 1.82) is 0 Å². The molecule has 0 amide bonds. The zero-order valence-electron chi connectivity index (χ0n) is 11.7. The molecule has 112 valence electrons. The third kappa shape index (κ3) is 2.72. The fourth-order valence-electron chi connectivity index (χ4n) is 2.14. The van der Waals surface area contributed by atoms with Gasteiger partial charge in [0.1, 0.15) is 5.75 Å². The van der Waals surface area contributed by atoms with E-state index in [1.165, 1.54) is 43.1 Å². The van der Waals surface area contributed by atoms with Crippen LogP contribution in [0.3, 0.4) is 0 Å². The van der Waals surface area contributed by atoms with E-state index in [1.54, 1.807) is 0 Å². The standard InChI is InChI=1S/C14H14F2N2O3/c1-14(15,16)8-5-4-6-11(21-3)12(8)10-7-9(13(19)20)17-18(10)2/h4-7H,1-3H3,(H,19,20). The number of carboxylic acids is 1. The first-order valence-corrected chi connectivity index (χ1v) is 6.08. The average Bonchev–Trinajstić information content (AvgIpc) is 2.79. The van der Waals surface area contributed by atoms with Crippen molar-refractivity contribution in [3.05, 3.63) is 35.5 Å². The van der Waals surface area contributed by atoms with Crippen LogP contribution in [0, 0.1) is 0 Å². The van der Waals surface area contributed by atoms with Crippen molar-refractivity contribution < 1.29 is 23.4 Å². The molecule has 0 fully saturated rings. The normalized spacial score (nSPS) is 11.5. The largest absolute Gasteiger partial charge is 0.496 e. The fraction of sp³-hybridized carbons (Fsp3) is 0.286. The number of hydrogen-bond acceptors (Lipinski definition) is 3. The van der Waals surface area contributed by atoms with Gasteiger partial charge in [0.2, 0.25) is 0 Å². The molecule has 0 saturated carbocycles. The highest BCUT2D eigenvalue weighted by molar-refractivity contribution is 5.87. The molecule has 1 aromatic carbocycles. The predicted molar refractivity (Wildman–Crippen MR) is 71.7 cm³/mol. The van der Waals surface area contributed by atoms with E-state index >= 15 is 0 Å². The SMILES string of the molecule is COc1cccc(C(C)(F)F)c1-c1cc(C(=O)O)nn1C. The molecule has 21 heavy (non-hydrogen) atoms. The molecule has 2 rings (SSSR count). The van der Waals surface area contributed by atoms with E-state index in [0.29, 0.717) is 0 Å². The van der Waals surface area contributed by atoms with Gasteiger partial charge in [-0.05, 0) is 12.1 Å². The zero-order chi connectivity index (χ0) is 15.8. The van der Waals surface area contributed by atoms with Crippen LogP contribution in [-0.4, -0.2) is 28.0 Å². The van der Waals surface area contributed by atoms with Crippen LogP contribution < -0.4 is 4.74 Å². The quantitative estimate of drug-likeness (QED) is 0.942. The Hall–Kier alpha value is -2.44. The molecule has 0 unspecified atom stereocenters. The van der Waals surface area contributed by atoms with E-state index in [9.17, 15) is 13.6 Å². The maximum atomic E-state index is 13.8. The summed E-state index contributed by atoms with van der Waals surface area (Å²) in [6.45, 7) is 0.778. The smallest absolute Gasteiger partial charge is 0.356 e. The van der Waals surface area contributed by atoms with E-state index in [-0.39, 0.29) is 28.3 Å². The molecule has 5 nitrogen and oxygen atoms in total. The second-order valence-corrected chi connectivity index (χ2v) is 4.61. The summed E-state index contributed by atoms with van der Waals surface area (Å²) < 4.78 is 34.0. The molecule has 2 aromatic rings. The molecule has 0 bridgehead atoms. The van der Waals surface area contributed by atoms with Gasteiger partial charge in [-0.3, -0.25) is 4.68 Å². The lowest BCUT2D eigenvalue weighted by atomic mass is 9.98. The monoisotopic (exact) mass is 296 g/mol. The second kappa shape index (κ2) is 5.16. The lowest BCUT2D eigenvalue weighted by Crippen LogP contribution is -2.11. The first kappa shape index (κ1) is 15.0. The number of rotatable bonds is 4. The highest BCUT2D eigenvalue weighted by Crippen LogP contribution is 2.41. The van der Waals surface area contributed by atoms with Gasteiger partial charge in [-0.15, -0.1) is 0 Å². The van der Waals surface area contributed by atoms with Crippen LogP contribution in [0.1, 0.15) is 23.0 Å². The van der Waals surface area contributed by atoms with Crippen LogP contribution in [0.15, 0.2) is 24.3 Å². The first-order valence-electron chi connectivity index (χ1n) is 6.08. The van der Waals surface area contributed by atoms with Crippen LogP contribution in [-0.2, 0) is 13.0 Å². The Balaban J connectivity index is 2.76. The number of aromatic nitrogens is 2. The van der Waals surface area contributed by atoms with Gasteiger partial charge in [-0.25, -0.2) is 13.6 Å². The lowest BCUT2D eigenvalue weighted by Gasteiger charge is -2.18. The van der Waals surface area contributed by atoms with Gasteiger partial charge in [-0.1, -0.05) is 12.1 Å². The molecule has 1 aromatic heterocycles. The second-order valence-electron chi connectivity index (χ2n) is 4.61. The van der Waals surface area contributed by atoms with Crippen molar-refractivity contribution in [2.45, 2.75) is 12.8 Å². The van der Waals surface area contributed by atoms with Gasteiger partial charge < -0.3 is 9.84 Å². The summed E-state index contributed by atoms with van der Waals surface area (Å²) >= 11 is 0. The number of alkyl halides is 2. The van der Waals surface area contributed by atoms with Crippen LogP contribution in [0.4, 0.5) is 8.78 Å². The highest BCUT2D eigenvalue weighted by atomic mass is 19.3. The van der Waals surface area contributed by atoms with Crippen molar-refractivity contribution in [2.75, 3.05) is 7.11 Å². The van der Waals surface area contributed by atoms with E-state index in [0.717, 1.165) is 6.92 Å². The van der Waals surface area contributed by atoms with E-state index in [4.69, 9.17) is 9.84 Å². The topological polar surface area (TPSA) is 64.3 Å². The summed E-state index contributed by atoms with van der Waals surface area (Å²) in [5.74, 6) is -4.09. The van der Waals surface area contributed by atoms with Gasteiger partial charge in [-0.2, -0.15) is 5.10 Å². The zero-order valence-corrected chi connectivity index (χ0v) is 11.7. The molecule has 0 atom stereocenters. The highest BCUT2D eigenvalue weighted by Gasteiger charge is 2.31. The van der Waals surface area contributed by atoms with Crippen LogP contribution in [0.25, 0.3) is 11.3 Å². The predicted octanol–water partition coefficient (Wildman–Crippen LogP) is 2.91. The Kier molecular flexibility index (Phi) is 3.67. The molecular formula is C14H14F2N2O3. The van der Waals surface area contributed by atoms with Crippen molar-refractivity contribution >= 4 is 5.97 Å². The van der Waals surface area contributed by atoms with Crippen molar-refractivity contribution in [2.24, 2.45) is 7.05 Å². The summed E-state index contributed by atoms with van der Waals surface area (Å²) in [6, 6.07) is 5.53. The number of ether oxygens (including phenoxy) is 1. The van der Waals surface area contributed by atoms with Crippen molar-refractivity contribution in [1.82, 2.24) is 9.78 Å². The molecule has 0 saturated heterocycles. The molecule has 0 radical (unpaired) electrons. The minimum atomic E-state index is -3.10. The van der Waals surface area contributed by atoms with Crippen LogP contribution in [0.5, 0.6) is 5.75 Å². The molecule has 0 spiro atoms. The number of hydrogen-bond donors (Lipinski definition) is 1. The molecule has 0 aliphatic rings. The maximum Gasteiger partial charge on any atom is 0.356 e. The van der Waals surface area contributed by atoms with Gasteiger partial charge in [0.15, 0.2) is 5.69 Å². The number of methoxy groups -OCH3 is 1. The van der Waals surface area contributed by atoms with Crippen molar-refractivity contribution in [3.8, 4) is 17.0 Å². The summed E-state index contributed by atoms with van der Waals surface area (Å²) in [4.78, 5) is 11.0. The minimum Gasteiger partial charge on any atom is -0.496 e. The number of carboxylic acid groups (broad SMARTS) is 1. The molecule has 7 heteroatoms. The first-order chi connectivity index (χ1) is 9.75. The molecule has 1 N–H and O–H groups in total. The Labute approximate surface area is 119 Å². The van der Waals surface area contributed by atoms with Gasteiger partial charge >= 0.3 is 5.97 Å². The number of benzene rings is 1. The van der Waals surface area contributed by atoms with Crippen LogP contribution in [0.2, 0.25) is 0 Å². The number of nitrogens with zero attached hydrogens (tertiary/aromatic N) is 2. The Morgan fingerprint density at radius 3 is 2.57 bits per heavy atom. The number of carbonyl (C=O) groups is 1. The summed E-state index contributed by atoms with van der Waals surface area (Å²) in [5, 5.41) is 12.8. The summed E-state index contributed by atoms with van der Waals surface area (Å²) in [5.41, 5.74) is -0.0815. The number of aromatic carboxylic acids is 1. The molecule has 0 aliphatic heterocycles. The Morgan fingerprint density at radius 2 is 2.10 bits per heavy atom. The van der Waals surface area contributed by atoms with Gasteiger partial charge in [0.25, 0.3) is 5.92 Å². The van der Waals surface area contributed by atoms with Crippen LogP contribution >= 0.6 is 0 Å². The Morgan fingerprint density at radius 1 is 1.43 bits per heavy atom. The van der Waals surface area contributed by atoms with Gasteiger partial charge in [0.05, 0.1) is 18.4 Å². The minimum absolute atomic E-state index is 0.134. The lowest BCUT2D eigenvalue weighted by molar-refractivity contribution is 0.0178. The average molecular weight is 296 g/mol. The molecule has 1 heterocycles.